The highest BCUT2D eigenvalue weighted by Crippen LogP contribution is 2.20. The molecule has 136 valence electrons. The SMILES string of the molecule is COc1ccc(N2CCN(C(=O)C=Cc3cccc(OC)c3)CC2)cc1. The van der Waals surface area contributed by atoms with E-state index in [4.69, 9.17) is 9.47 Å². The van der Waals surface area contributed by atoms with Gasteiger partial charge in [-0.05, 0) is 48.0 Å². The normalized spacial score (nSPS) is 14.5. The molecule has 0 unspecified atom stereocenters. The zero-order valence-corrected chi connectivity index (χ0v) is 15.2. The van der Waals surface area contributed by atoms with Crippen LogP contribution in [0.4, 0.5) is 5.69 Å². The lowest BCUT2D eigenvalue weighted by Crippen LogP contribution is -2.48. The average molecular weight is 352 g/mol. The number of hydrogen-bond acceptors (Lipinski definition) is 4. The van der Waals surface area contributed by atoms with Gasteiger partial charge in [-0.25, -0.2) is 0 Å². The van der Waals surface area contributed by atoms with Gasteiger partial charge in [0.05, 0.1) is 14.2 Å². The second-order valence-electron chi connectivity index (χ2n) is 6.12. The molecule has 0 aromatic heterocycles. The standard InChI is InChI=1S/C21H24N2O3/c1-25-19-9-7-18(8-10-19)22-12-14-23(15-13-22)21(24)11-6-17-4-3-5-20(16-17)26-2/h3-11,16H,12-15H2,1-2H3. The Bertz CT molecular complexity index is 763. The molecule has 0 atom stereocenters. The molecule has 5 heteroatoms. The number of nitrogens with zero attached hydrogens (tertiary/aromatic N) is 2. The van der Waals surface area contributed by atoms with Crippen molar-refractivity contribution >= 4 is 17.7 Å². The molecule has 0 bridgehead atoms. The Hall–Kier alpha value is -2.95. The Morgan fingerprint density at radius 2 is 1.62 bits per heavy atom. The molecule has 2 aromatic rings. The van der Waals surface area contributed by atoms with Gasteiger partial charge in [-0.15, -0.1) is 0 Å². The minimum absolute atomic E-state index is 0.0437. The van der Waals surface area contributed by atoms with Gasteiger partial charge in [0.25, 0.3) is 0 Å². The first kappa shape index (κ1) is 17.9. The van der Waals surface area contributed by atoms with Gasteiger partial charge in [0.1, 0.15) is 11.5 Å². The fourth-order valence-electron chi connectivity index (χ4n) is 3.00. The maximum Gasteiger partial charge on any atom is 0.246 e. The molecule has 26 heavy (non-hydrogen) atoms. The first-order valence-corrected chi connectivity index (χ1v) is 8.69. The third-order valence-electron chi connectivity index (χ3n) is 4.54. The van der Waals surface area contributed by atoms with Crippen molar-refractivity contribution in [1.29, 1.82) is 0 Å². The van der Waals surface area contributed by atoms with Crippen LogP contribution < -0.4 is 14.4 Å². The number of amides is 1. The predicted octanol–water partition coefficient (Wildman–Crippen LogP) is 3.07. The molecule has 5 nitrogen and oxygen atoms in total. The quantitative estimate of drug-likeness (QED) is 0.776. The van der Waals surface area contributed by atoms with Crippen LogP contribution in [0.3, 0.4) is 0 Å². The lowest BCUT2D eigenvalue weighted by molar-refractivity contribution is -0.126. The molecule has 1 saturated heterocycles. The molecule has 1 heterocycles. The maximum atomic E-state index is 12.4. The number of ether oxygens (including phenoxy) is 2. The second-order valence-corrected chi connectivity index (χ2v) is 6.12. The summed E-state index contributed by atoms with van der Waals surface area (Å²) < 4.78 is 10.4. The summed E-state index contributed by atoms with van der Waals surface area (Å²) in [5, 5.41) is 0. The zero-order chi connectivity index (χ0) is 18.4. The van der Waals surface area contributed by atoms with Crippen molar-refractivity contribution in [1.82, 2.24) is 4.90 Å². The van der Waals surface area contributed by atoms with E-state index in [0.29, 0.717) is 13.1 Å². The Balaban J connectivity index is 1.55. The van der Waals surface area contributed by atoms with Crippen LogP contribution in [-0.2, 0) is 4.79 Å². The van der Waals surface area contributed by atoms with E-state index in [0.717, 1.165) is 35.8 Å². The molecule has 1 aliphatic heterocycles. The number of methoxy groups -OCH3 is 2. The van der Waals surface area contributed by atoms with Crippen molar-refractivity contribution < 1.29 is 14.3 Å². The fourth-order valence-corrected chi connectivity index (χ4v) is 3.00. The van der Waals surface area contributed by atoms with E-state index in [9.17, 15) is 4.79 Å². The summed E-state index contributed by atoms with van der Waals surface area (Å²) in [5.41, 5.74) is 2.11. The van der Waals surface area contributed by atoms with Crippen LogP contribution >= 0.6 is 0 Å². The van der Waals surface area contributed by atoms with Gasteiger partial charge in [0.2, 0.25) is 5.91 Å². The van der Waals surface area contributed by atoms with Crippen LogP contribution in [0.15, 0.2) is 54.6 Å². The summed E-state index contributed by atoms with van der Waals surface area (Å²) >= 11 is 0. The molecule has 1 aliphatic rings. The predicted molar refractivity (Wildman–Crippen MR) is 104 cm³/mol. The number of piperazine rings is 1. The van der Waals surface area contributed by atoms with Gasteiger partial charge in [0, 0.05) is 37.9 Å². The molecular formula is C21H24N2O3. The molecule has 0 aliphatic carbocycles. The van der Waals surface area contributed by atoms with Gasteiger partial charge in [0.15, 0.2) is 0 Å². The van der Waals surface area contributed by atoms with Crippen LogP contribution in [0.1, 0.15) is 5.56 Å². The monoisotopic (exact) mass is 352 g/mol. The minimum atomic E-state index is 0.0437. The van der Waals surface area contributed by atoms with Crippen LogP contribution in [0, 0.1) is 0 Å². The Labute approximate surface area is 154 Å². The smallest absolute Gasteiger partial charge is 0.246 e. The Kier molecular flexibility index (Phi) is 5.79. The van der Waals surface area contributed by atoms with Crippen LogP contribution in [0.25, 0.3) is 6.08 Å². The van der Waals surface area contributed by atoms with Crippen molar-refractivity contribution in [3.8, 4) is 11.5 Å². The van der Waals surface area contributed by atoms with Gasteiger partial charge < -0.3 is 19.3 Å². The largest absolute Gasteiger partial charge is 0.497 e. The Morgan fingerprint density at radius 3 is 2.27 bits per heavy atom. The van der Waals surface area contributed by atoms with Crippen LogP contribution in [-0.4, -0.2) is 51.2 Å². The molecule has 0 N–H and O–H groups in total. The lowest BCUT2D eigenvalue weighted by atomic mass is 10.2. The maximum absolute atomic E-state index is 12.4. The van der Waals surface area contributed by atoms with Crippen LogP contribution in [0.5, 0.6) is 11.5 Å². The van der Waals surface area contributed by atoms with E-state index in [1.165, 1.54) is 0 Å². The van der Waals surface area contributed by atoms with E-state index >= 15 is 0 Å². The first-order chi connectivity index (χ1) is 12.7. The van der Waals surface area contributed by atoms with Crippen molar-refractivity contribution in [2.75, 3.05) is 45.3 Å². The number of anilines is 1. The molecular weight excluding hydrogens is 328 g/mol. The average Bonchev–Trinajstić information content (AvgIpc) is 2.72. The number of carbonyl (C=O) groups excluding carboxylic acids is 1. The zero-order valence-electron chi connectivity index (χ0n) is 15.2. The highest BCUT2D eigenvalue weighted by Gasteiger charge is 2.19. The third kappa shape index (κ3) is 4.36. The molecule has 0 saturated carbocycles. The second kappa shape index (κ2) is 8.43. The molecule has 0 radical (unpaired) electrons. The molecule has 3 rings (SSSR count). The highest BCUT2D eigenvalue weighted by molar-refractivity contribution is 5.92. The van der Waals surface area contributed by atoms with Crippen molar-refractivity contribution in [3.05, 3.63) is 60.2 Å². The van der Waals surface area contributed by atoms with E-state index in [1.807, 2.05) is 47.4 Å². The number of hydrogen-bond donors (Lipinski definition) is 0. The van der Waals surface area contributed by atoms with E-state index in [2.05, 4.69) is 17.0 Å². The Morgan fingerprint density at radius 1 is 0.923 bits per heavy atom. The van der Waals surface area contributed by atoms with E-state index < -0.39 is 0 Å². The lowest BCUT2D eigenvalue weighted by Gasteiger charge is -2.35. The highest BCUT2D eigenvalue weighted by atomic mass is 16.5. The van der Waals surface area contributed by atoms with Crippen molar-refractivity contribution in [3.63, 3.8) is 0 Å². The fraction of sp³-hybridized carbons (Fsp3) is 0.286. The van der Waals surface area contributed by atoms with E-state index in [1.54, 1.807) is 20.3 Å². The van der Waals surface area contributed by atoms with Gasteiger partial charge >= 0.3 is 0 Å². The van der Waals surface area contributed by atoms with Crippen molar-refractivity contribution in [2.45, 2.75) is 0 Å². The molecule has 1 fully saturated rings. The molecule has 2 aromatic carbocycles. The summed E-state index contributed by atoms with van der Waals surface area (Å²) in [6.07, 6.45) is 3.47. The molecule has 1 amide bonds. The molecule has 0 spiro atoms. The minimum Gasteiger partial charge on any atom is -0.497 e. The third-order valence-corrected chi connectivity index (χ3v) is 4.54. The van der Waals surface area contributed by atoms with Gasteiger partial charge in [-0.2, -0.15) is 0 Å². The first-order valence-electron chi connectivity index (χ1n) is 8.69. The summed E-state index contributed by atoms with van der Waals surface area (Å²) in [4.78, 5) is 16.6. The van der Waals surface area contributed by atoms with Crippen LogP contribution in [0.2, 0.25) is 0 Å². The van der Waals surface area contributed by atoms with Gasteiger partial charge in [-0.3, -0.25) is 4.79 Å². The summed E-state index contributed by atoms with van der Waals surface area (Å²) in [5.74, 6) is 1.68. The van der Waals surface area contributed by atoms with Crippen molar-refractivity contribution in [2.24, 2.45) is 0 Å². The number of benzene rings is 2. The topological polar surface area (TPSA) is 42.0 Å². The van der Waals surface area contributed by atoms with Gasteiger partial charge in [-0.1, -0.05) is 12.1 Å². The summed E-state index contributed by atoms with van der Waals surface area (Å²) in [7, 11) is 3.30. The summed E-state index contributed by atoms with van der Waals surface area (Å²) in [6, 6.07) is 15.7. The number of carbonyl (C=O) groups is 1. The summed E-state index contributed by atoms with van der Waals surface area (Å²) in [6.45, 7) is 3.08. The van der Waals surface area contributed by atoms with E-state index in [-0.39, 0.29) is 5.91 Å². The number of rotatable bonds is 5.